The van der Waals surface area contributed by atoms with E-state index in [9.17, 15) is 5.11 Å². The Morgan fingerprint density at radius 3 is 2.59 bits per heavy atom. The van der Waals surface area contributed by atoms with Gasteiger partial charge in [0, 0.05) is 26.2 Å². The maximum atomic E-state index is 10.1. The number of halogens is 2. The van der Waals surface area contributed by atoms with Crippen LogP contribution >= 0.6 is 34.5 Å². The fraction of sp³-hybridized carbons (Fsp3) is 0.231. The van der Waals surface area contributed by atoms with E-state index < -0.39 is 6.10 Å². The topological polar surface area (TPSA) is 20.2 Å². The van der Waals surface area contributed by atoms with E-state index in [1.807, 2.05) is 25.1 Å². The maximum absolute atomic E-state index is 10.1. The van der Waals surface area contributed by atoms with Gasteiger partial charge in [0.25, 0.3) is 0 Å². The van der Waals surface area contributed by atoms with Crippen LogP contribution in [0, 0.1) is 6.92 Å². The molecule has 0 aliphatic heterocycles. The molecule has 0 aliphatic rings. The molecular formula is C13H12Cl2OS. The van der Waals surface area contributed by atoms with Gasteiger partial charge in [0.05, 0.1) is 6.10 Å². The van der Waals surface area contributed by atoms with Gasteiger partial charge in [0.2, 0.25) is 0 Å². The minimum atomic E-state index is -0.507. The van der Waals surface area contributed by atoms with Crippen LogP contribution < -0.4 is 0 Å². The molecule has 0 bridgehead atoms. The molecule has 1 heterocycles. The lowest BCUT2D eigenvalue weighted by atomic mass is 10.1. The zero-order chi connectivity index (χ0) is 12.4. The zero-order valence-corrected chi connectivity index (χ0v) is 11.6. The molecule has 0 spiro atoms. The summed E-state index contributed by atoms with van der Waals surface area (Å²) in [6, 6.07) is 9.30. The van der Waals surface area contributed by atoms with Gasteiger partial charge in [0.1, 0.15) is 0 Å². The van der Waals surface area contributed by atoms with E-state index in [1.54, 1.807) is 23.5 Å². The summed E-state index contributed by atoms with van der Waals surface area (Å²) in [7, 11) is 0. The summed E-state index contributed by atoms with van der Waals surface area (Å²) in [4.78, 5) is 2.16. The molecule has 2 aromatic rings. The minimum absolute atomic E-state index is 0.507. The first-order valence-electron chi connectivity index (χ1n) is 5.24. The lowest BCUT2D eigenvalue weighted by molar-refractivity contribution is 0.182. The number of benzene rings is 1. The molecule has 0 saturated carbocycles. The van der Waals surface area contributed by atoms with Crippen molar-refractivity contribution < 1.29 is 5.11 Å². The Hall–Kier alpha value is -0.540. The van der Waals surface area contributed by atoms with Crippen LogP contribution in [0.1, 0.15) is 21.4 Å². The summed E-state index contributed by atoms with van der Waals surface area (Å²) in [5.41, 5.74) is 0.912. The van der Waals surface area contributed by atoms with Crippen molar-refractivity contribution in [2.45, 2.75) is 19.4 Å². The summed E-state index contributed by atoms with van der Waals surface area (Å²) in [6.45, 7) is 2.02. The monoisotopic (exact) mass is 286 g/mol. The zero-order valence-electron chi connectivity index (χ0n) is 9.28. The SMILES string of the molecule is Cc1ccc(C(O)Cc2ccc(Cl)cc2Cl)s1. The number of rotatable bonds is 3. The van der Waals surface area contributed by atoms with Crippen molar-refractivity contribution in [3.05, 3.63) is 55.7 Å². The Kier molecular flexibility index (Phi) is 4.10. The highest BCUT2D eigenvalue weighted by Gasteiger charge is 2.12. The van der Waals surface area contributed by atoms with Crippen molar-refractivity contribution in [3.63, 3.8) is 0 Å². The van der Waals surface area contributed by atoms with Crippen LogP contribution in [0.3, 0.4) is 0 Å². The van der Waals surface area contributed by atoms with Crippen molar-refractivity contribution in [2.75, 3.05) is 0 Å². The van der Waals surface area contributed by atoms with Gasteiger partial charge in [-0.3, -0.25) is 0 Å². The third-order valence-electron chi connectivity index (χ3n) is 2.52. The molecule has 1 unspecified atom stereocenters. The lowest BCUT2D eigenvalue weighted by Gasteiger charge is -2.10. The second-order valence-electron chi connectivity index (χ2n) is 3.90. The Morgan fingerprint density at radius 1 is 1.24 bits per heavy atom. The van der Waals surface area contributed by atoms with Gasteiger partial charge in [-0.15, -0.1) is 11.3 Å². The Balaban J connectivity index is 2.15. The quantitative estimate of drug-likeness (QED) is 0.872. The van der Waals surface area contributed by atoms with E-state index in [4.69, 9.17) is 23.2 Å². The Labute approximate surface area is 115 Å². The molecule has 1 nitrogen and oxygen atoms in total. The van der Waals surface area contributed by atoms with Crippen LogP contribution in [0.5, 0.6) is 0 Å². The summed E-state index contributed by atoms with van der Waals surface area (Å²) >= 11 is 13.5. The average molecular weight is 287 g/mol. The number of aliphatic hydroxyl groups is 1. The second-order valence-corrected chi connectivity index (χ2v) is 6.07. The van der Waals surface area contributed by atoms with Gasteiger partial charge in [-0.1, -0.05) is 29.3 Å². The van der Waals surface area contributed by atoms with Crippen molar-refractivity contribution >= 4 is 34.5 Å². The predicted molar refractivity (Wildman–Crippen MR) is 74.2 cm³/mol. The smallest absolute Gasteiger partial charge is 0.0922 e. The van der Waals surface area contributed by atoms with Gasteiger partial charge < -0.3 is 5.11 Å². The van der Waals surface area contributed by atoms with Crippen LogP contribution in [0.2, 0.25) is 10.0 Å². The van der Waals surface area contributed by atoms with Gasteiger partial charge in [0.15, 0.2) is 0 Å². The van der Waals surface area contributed by atoms with Crippen molar-refractivity contribution in [3.8, 4) is 0 Å². The molecule has 1 aromatic carbocycles. The van der Waals surface area contributed by atoms with Crippen LogP contribution in [-0.2, 0) is 6.42 Å². The van der Waals surface area contributed by atoms with Crippen molar-refractivity contribution in [1.29, 1.82) is 0 Å². The molecule has 1 aromatic heterocycles. The largest absolute Gasteiger partial charge is 0.387 e. The first-order valence-corrected chi connectivity index (χ1v) is 6.82. The third kappa shape index (κ3) is 3.23. The number of hydrogen-bond donors (Lipinski definition) is 1. The summed E-state index contributed by atoms with van der Waals surface area (Å²) < 4.78 is 0. The number of hydrogen-bond acceptors (Lipinski definition) is 2. The van der Waals surface area contributed by atoms with E-state index in [-0.39, 0.29) is 0 Å². The number of thiophene rings is 1. The molecule has 17 heavy (non-hydrogen) atoms. The maximum Gasteiger partial charge on any atom is 0.0922 e. The molecule has 0 fully saturated rings. The highest BCUT2D eigenvalue weighted by molar-refractivity contribution is 7.12. The van der Waals surface area contributed by atoms with E-state index in [0.717, 1.165) is 10.4 Å². The second kappa shape index (κ2) is 5.40. The van der Waals surface area contributed by atoms with Gasteiger partial charge >= 0.3 is 0 Å². The molecule has 0 aliphatic carbocycles. The summed E-state index contributed by atoms with van der Waals surface area (Å²) in [5.74, 6) is 0. The molecule has 90 valence electrons. The molecule has 4 heteroatoms. The first-order chi connectivity index (χ1) is 8.06. The average Bonchev–Trinajstić information content (AvgIpc) is 2.69. The van der Waals surface area contributed by atoms with Crippen molar-refractivity contribution in [1.82, 2.24) is 0 Å². The Morgan fingerprint density at radius 2 is 2.00 bits per heavy atom. The first kappa shape index (κ1) is 12.9. The van der Waals surface area contributed by atoms with E-state index in [2.05, 4.69) is 0 Å². The Bertz CT molecular complexity index is 522. The van der Waals surface area contributed by atoms with Crippen LogP contribution in [-0.4, -0.2) is 5.11 Å². The molecule has 0 saturated heterocycles. The number of aryl methyl sites for hydroxylation is 1. The molecule has 1 N–H and O–H groups in total. The summed E-state index contributed by atoms with van der Waals surface area (Å²) in [5, 5.41) is 11.3. The molecule has 0 amide bonds. The normalized spacial score (nSPS) is 12.7. The van der Waals surface area contributed by atoms with Gasteiger partial charge in [-0.05, 0) is 36.8 Å². The molecule has 1 atom stereocenters. The third-order valence-corrected chi connectivity index (χ3v) is 4.21. The van der Waals surface area contributed by atoms with E-state index in [1.165, 1.54) is 4.88 Å². The van der Waals surface area contributed by atoms with Gasteiger partial charge in [-0.2, -0.15) is 0 Å². The summed E-state index contributed by atoms with van der Waals surface area (Å²) in [6.07, 6.45) is 0.00282. The molecule has 0 radical (unpaired) electrons. The molecular weight excluding hydrogens is 275 g/mol. The van der Waals surface area contributed by atoms with Crippen LogP contribution in [0.25, 0.3) is 0 Å². The van der Waals surface area contributed by atoms with Crippen molar-refractivity contribution in [2.24, 2.45) is 0 Å². The van der Waals surface area contributed by atoms with Crippen LogP contribution in [0.4, 0.5) is 0 Å². The highest BCUT2D eigenvalue weighted by Crippen LogP contribution is 2.29. The van der Waals surface area contributed by atoms with Crippen LogP contribution in [0.15, 0.2) is 30.3 Å². The van der Waals surface area contributed by atoms with E-state index >= 15 is 0 Å². The standard InChI is InChI=1S/C13H12Cl2OS/c1-8-2-5-13(17-8)12(16)6-9-3-4-10(14)7-11(9)15/h2-5,7,12,16H,6H2,1H3. The van der Waals surface area contributed by atoms with E-state index in [0.29, 0.717) is 16.5 Å². The fourth-order valence-electron chi connectivity index (χ4n) is 1.63. The van der Waals surface area contributed by atoms with Gasteiger partial charge in [-0.25, -0.2) is 0 Å². The number of aliphatic hydroxyl groups excluding tert-OH is 1. The predicted octanol–water partition coefficient (Wildman–Crippen LogP) is 4.64. The lowest BCUT2D eigenvalue weighted by Crippen LogP contribution is -2.00. The highest BCUT2D eigenvalue weighted by atomic mass is 35.5. The fourth-order valence-corrected chi connectivity index (χ4v) is 2.98. The minimum Gasteiger partial charge on any atom is -0.387 e. The molecule has 2 rings (SSSR count).